The van der Waals surface area contributed by atoms with E-state index in [0.29, 0.717) is 38.0 Å². The minimum atomic E-state index is -0.962. The Morgan fingerprint density at radius 3 is 2.63 bits per heavy atom. The molecule has 3 rings (SSSR count). The predicted molar refractivity (Wildman–Crippen MR) is 98.0 cm³/mol. The zero-order valence-corrected chi connectivity index (χ0v) is 15.1. The van der Waals surface area contributed by atoms with Gasteiger partial charge in [-0.05, 0) is 18.2 Å². The van der Waals surface area contributed by atoms with E-state index < -0.39 is 5.60 Å². The fourth-order valence-corrected chi connectivity index (χ4v) is 3.16. The van der Waals surface area contributed by atoms with Crippen LogP contribution < -0.4 is 10.9 Å². The number of piperidine rings is 1. The number of likely N-dealkylation sites (tertiary alicyclic amines) is 1. The largest absolute Gasteiger partial charge is 0.368 e. The molecule has 2 amide bonds. The number of hydrogen-bond acceptors (Lipinski definition) is 5. The van der Waals surface area contributed by atoms with Crippen molar-refractivity contribution in [2.75, 3.05) is 20.2 Å². The Labute approximate surface area is 156 Å². The van der Waals surface area contributed by atoms with Crippen molar-refractivity contribution in [3.8, 4) is 0 Å². The molecule has 0 spiro atoms. The van der Waals surface area contributed by atoms with E-state index in [1.54, 1.807) is 11.1 Å². The van der Waals surface area contributed by atoms with Gasteiger partial charge >= 0.3 is 0 Å². The number of hydrogen-bond donors (Lipinski definition) is 2. The lowest BCUT2D eigenvalue weighted by atomic mass is 9.89. The van der Waals surface area contributed by atoms with E-state index in [4.69, 9.17) is 4.74 Å². The summed E-state index contributed by atoms with van der Waals surface area (Å²) in [5.41, 5.74) is -0.0357. The van der Waals surface area contributed by atoms with E-state index in [1.165, 1.54) is 25.4 Å². The predicted octanol–water partition coefficient (Wildman–Crippen LogP) is 0.707. The third-order valence-electron chi connectivity index (χ3n) is 4.85. The van der Waals surface area contributed by atoms with Gasteiger partial charge in [-0.1, -0.05) is 6.07 Å². The Morgan fingerprint density at radius 1 is 1.26 bits per heavy atom. The smallest absolute Gasteiger partial charge is 0.255 e. The van der Waals surface area contributed by atoms with Crippen LogP contribution in [-0.4, -0.2) is 52.5 Å². The molecule has 1 aliphatic heterocycles. The van der Waals surface area contributed by atoms with Crippen molar-refractivity contribution in [2.24, 2.45) is 0 Å². The molecule has 0 bridgehead atoms. The number of nitrogens with one attached hydrogen (secondary N) is 2. The zero-order valence-electron chi connectivity index (χ0n) is 15.1. The highest BCUT2D eigenvalue weighted by Crippen LogP contribution is 2.27. The molecule has 8 heteroatoms. The topological polar surface area (TPSA) is 104 Å². The first-order chi connectivity index (χ1) is 13.0. The Kier molecular flexibility index (Phi) is 5.66. The van der Waals surface area contributed by atoms with Gasteiger partial charge < -0.3 is 19.9 Å². The standard InChI is InChI=1S/C19H22N4O4/c1-27-19(18(26)22-13-15-4-2-3-9-20-15)7-10-23(11-8-19)17(25)14-5-6-16(24)21-12-14/h2-6,9,12H,7-8,10-11,13H2,1H3,(H,21,24)(H,22,26). The third-order valence-corrected chi connectivity index (χ3v) is 4.85. The van der Waals surface area contributed by atoms with Gasteiger partial charge in [-0.3, -0.25) is 19.4 Å². The van der Waals surface area contributed by atoms with Crippen LogP contribution in [0.15, 0.2) is 47.5 Å². The Bertz CT molecular complexity index is 837. The summed E-state index contributed by atoms with van der Waals surface area (Å²) < 4.78 is 5.56. The Balaban J connectivity index is 1.60. The molecule has 2 aromatic heterocycles. The van der Waals surface area contributed by atoms with Crippen LogP contribution in [0.4, 0.5) is 0 Å². The summed E-state index contributed by atoms with van der Waals surface area (Å²) in [6.45, 7) is 1.11. The summed E-state index contributed by atoms with van der Waals surface area (Å²) in [4.78, 5) is 44.7. The Hall–Kier alpha value is -3.00. The number of pyridine rings is 2. The molecule has 0 unspecified atom stereocenters. The first kappa shape index (κ1) is 18.8. The number of methoxy groups -OCH3 is 1. The molecule has 27 heavy (non-hydrogen) atoms. The molecule has 1 aliphatic rings. The zero-order chi connectivity index (χ0) is 19.3. The highest BCUT2D eigenvalue weighted by molar-refractivity contribution is 5.94. The molecule has 8 nitrogen and oxygen atoms in total. The van der Waals surface area contributed by atoms with Gasteiger partial charge in [0.15, 0.2) is 0 Å². The van der Waals surface area contributed by atoms with Gasteiger partial charge in [0, 0.05) is 51.5 Å². The first-order valence-electron chi connectivity index (χ1n) is 8.75. The molecule has 0 aromatic carbocycles. The average molecular weight is 370 g/mol. The van der Waals surface area contributed by atoms with Crippen molar-refractivity contribution < 1.29 is 14.3 Å². The monoisotopic (exact) mass is 370 g/mol. The molecule has 2 N–H and O–H groups in total. The molecular weight excluding hydrogens is 348 g/mol. The molecule has 1 saturated heterocycles. The van der Waals surface area contributed by atoms with E-state index in [0.717, 1.165) is 5.69 Å². The Morgan fingerprint density at radius 2 is 2.04 bits per heavy atom. The maximum atomic E-state index is 12.7. The van der Waals surface area contributed by atoms with Crippen molar-refractivity contribution >= 4 is 11.8 Å². The summed E-state index contributed by atoms with van der Waals surface area (Å²) in [5, 5.41) is 2.87. The SMILES string of the molecule is COC1(C(=O)NCc2ccccn2)CCN(C(=O)c2ccc(=O)[nH]c2)CC1. The number of aromatic amines is 1. The lowest BCUT2D eigenvalue weighted by Crippen LogP contribution is -2.55. The van der Waals surface area contributed by atoms with E-state index in [1.807, 2.05) is 18.2 Å². The fourth-order valence-electron chi connectivity index (χ4n) is 3.16. The lowest BCUT2D eigenvalue weighted by Gasteiger charge is -2.39. The van der Waals surface area contributed by atoms with Gasteiger partial charge in [0.2, 0.25) is 5.56 Å². The summed E-state index contributed by atoms with van der Waals surface area (Å²) >= 11 is 0. The van der Waals surface area contributed by atoms with Crippen molar-refractivity contribution in [3.05, 3.63) is 64.3 Å². The summed E-state index contributed by atoms with van der Waals surface area (Å²) in [7, 11) is 1.51. The van der Waals surface area contributed by atoms with Gasteiger partial charge in [-0.15, -0.1) is 0 Å². The van der Waals surface area contributed by atoms with Crippen LogP contribution in [0.25, 0.3) is 0 Å². The van der Waals surface area contributed by atoms with E-state index >= 15 is 0 Å². The molecule has 0 aliphatic carbocycles. The number of aromatic nitrogens is 2. The number of rotatable bonds is 5. The molecule has 0 atom stereocenters. The van der Waals surface area contributed by atoms with Crippen LogP contribution in [0.1, 0.15) is 28.9 Å². The van der Waals surface area contributed by atoms with Gasteiger partial charge in [-0.25, -0.2) is 0 Å². The number of ether oxygens (including phenoxy) is 1. The van der Waals surface area contributed by atoms with Crippen LogP contribution in [0.3, 0.4) is 0 Å². The maximum absolute atomic E-state index is 12.7. The highest BCUT2D eigenvalue weighted by atomic mass is 16.5. The van der Waals surface area contributed by atoms with Gasteiger partial charge in [0.25, 0.3) is 11.8 Å². The number of H-pyrrole nitrogens is 1. The second-order valence-corrected chi connectivity index (χ2v) is 6.44. The van der Waals surface area contributed by atoms with Gasteiger partial charge in [0.05, 0.1) is 17.8 Å². The van der Waals surface area contributed by atoms with Crippen LogP contribution in [0, 0.1) is 0 Å². The van der Waals surface area contributed by atoms with Crippen LogP contribution in [-0.2, 0) is 16.1 Å². The van der Waals surface area contributed by atoms with Crippen LogP contribution in [0.5, 0.6) is 0 Å². The van der Waals surface area contributed by atoms with E-state index in [2.05, 4.69) is 15.3 Å². The summed E-state index contributed by atoms with van der Waals surface area (Å²) in [6.07, 6.45) is 3.87. The fraction of sp³-hybridized carbons (Fsp3) is 0.368. The normalized spacial score (nSPS) is 16.0. The van der Waals surface area contributed by atoms with Gasteiger partial charge in [-0.2, -0.15) is 0 Å². The number of carbonyl (C=O) groups excluding carboxylic acids is 2. The van der Waals surface area contributed by atoms with Crippen molar-refractivity contribution in [3.63, 3.8) is 0 Å². The maximum Gasteiger partial charge on any atom is 0.255 e. The van der Waals surface area contributed by atoms with Crippen molar-refractivity contribution in [1.29, 1.82) is 0 Å². The van der Waals surface area contributed by atoms with Crippen LogP contribution >= 0.6 is 0 Å². The molecule has 0 radical (unpaired) electrons. The second-order valence-electron chi connectivity index (χ2n) is 6.44. The molecule has 0 saturated carbocycles. The molecule has 142 valence electrons. The van der Waals surface area contributed by atoms with Crippen LogP contribution in [0.2, 0.25) is 0 Å². The lowest BCUT2D eigenvalue weighted by molar-refractivity contribution is -0.149. The number of carbonyl (C=O) groups is 2. The minimum Gasteiger partial charge on any atom is -0.368 e. The quantitative estimate of drug-likeness (QED) is 0.807. The number of nitrogens with zero attached hydrogens (tertiary/aromatic N) is 2. The third kappa shape index (κ3) is 4.22. The molecule has 3 heterocycles. The molecule has 1 fully saturated rings. The van der Waals surface area contributed by atoms with Gasteiger partial charge in [0.1, 0.15) is 5.60 Å². The van der Waals surface area contributed by atoms with E-state index in [9.17, 15) is 14.4 Å². The first-order valence-corrected chi connectivity index (χ1v) is 8.75. The number of amides is 2. The highest BCUT2D eigenvalue weighted by Gasteiger charge is 2.42. The molecule has 2 aromatic rings. The van der Waals surface area contributed by atoms with E-state index in [-0.39, 0.29) is 17.4 Å². The minimum absolute atomic E-state index is 0.176. The van der Waals surface area contributed by atoms with Crippen molar-refractivity contribution in [2.45, 2.75) is 25.0 Å². The summed E-state index contributed by atoms with van der Waals surface area (Å²) in [5.74, 6) is -0.378. The molecular formula is C19H22N4O4. The summed E-state index contributed by atoms with van der Waals surface area (Å²) in [6, 6.07) is 8.34. The van der Waals surface area contributed by atoms with Crippen molar-refractivity contribution in [1.82, 2.24) is 20.2 Å². The second kappa shape index (κ2) is 8.13. The average Bonchev–Trinajstić information content (AvgIpc) is 2.73.